The molecule has 2 aromatic carbocycles. The highest BCUT2D eigenvalue weighted by Gasteiger charge is 2.15. The number of methoxy groups -OCH3 is 2. The zero-order chi connectivity index (χ0) is 15.9. The highest BCUT2D eigenvalue weighted by Crippen LogP contribution is 2.18. The predicted octanol–water partition coefficient (Wildman–Crippen LogP) is 2.74. The molecule has 0 saturated carbocycles. The summed E-state index contributed by atoms with van der Waals surface area (Å²) in [5, 5.41) is 0. The quantitative estimate of drug-likeness (QED) is 0.606. The summed E-state index contributed by atoms with van der Waals surface area (Å²) >= 11 is 0. The van der Waals surface area contributed by atoms with Crippen molar-refractivity contribution < 1.29 is 23.8 Å². The molecule has 0 aliphatic heterocycles. The van der Waals surface area contributed by atoms with E-state index in [1.807, 2.05) is 0 Å². The lowest BCUT2D eigenvalue weighted by molar-refractivity contribution is 0.0471. The fraction of sp³-hybridized carbons (Fsp3) is 0.176. The van der Waals surface area contributed by atoms with Crippen molar-refractivity contribution in [3.8, 4) is 11.5 Å². The first-order valence-corrected chi connectivity index (χ1v) is 6.63. The third kappa shape index (κ3) is 3.63. The van der Waals surface area contributed by atoms with E-state index in [0.717, 1.165) is 0 Å². The number of benzene rings is 2. The van der Waals surface area contributed by atoms with Crippen LogP contribution < -0.4 is 9.47 Å². The van der Waals surface area contributed by atoms with Crippen molar-refractivity contribution in [3.63, 3.8) is 0 Å². The smallest absolute Gasteiger partial charge is 0.342 e. The molecule has 0 aromatic heterocycles. The van der Waals surface area contributed by atoms with Crippen LogP contribution in [0.4, 0.5) is 0 Å². The Kier molecular flexibility index (Phi) is 5.14. The van der Waals surface area contributed by atoms with Gasteiger partial charge in [-0.05, 0) is 36.4 Å². The Hall–Kier alpha value is -2.82. The third-order valence-electron chi connectivity index (χ3n) is 3.07. The molecule has 114 valence electrons. The fourth-order valence-corrected chi connectivity index (χ4v) is 1.88. The van der Waals surface area contributed by atoms with E-state index < -0.39 is 5.97 Å². The van der Waals surface area contributed by atoms with Gasteiger partial charge in [-0.15, -0.1) is 0 Å². The largest absolute Gasteiger partial charge is 0.497 e. The van der Waals surface area contributed by atoms with Gasteiger partial charge in [0, 0.05) is 5.56 Å². The van der Waals surface area contributed by atoms with Gasteiger partial charge >= 0.3 is 5.97 Å². The molecule has 5 heteroatoms. The van der Waals surface area contributed by atoms with Crippen molar-refractivity contribution in [1.82, 2.24) is 0 Å². The van der Waals surface area contributed by atoms with Gasteiger partial charge < -0.3 is 14.2 Å². The Morgan fingerprint density at radius 2 is 1.59 bits per heavy atom. The molecule has 0 spiro atoms. The summed E-state index contributed by atoms with van der Waals surface area (Å²) in [6.45, 7) is -0.330. The molecule has 0 unspecified atom stereocenters. The first-order chi connectivity index (χ1) is 10.7. The summed E-state index contributed by atoms with van der Waals surface area (Å²) in [6, 6.07) is 13.3. The van der Waals surface area contributed by atoms with Gasteiger partial charge in [0.05, 0.1) is 14.2 Å². The predicted molar refractivity (Wildman–Crippen MR) is 80.6 cm³/mol. The number of carbonyl (C=O) groups excluding carboxylic acids is 2. The van der Waals surface area contributed by atoms with E-state index >= 15 is 0 Å². The van der Waals surface area contributed by atoms with Crippen LogP contribution in [-0.2, 0) is 4.74 Å². The highest BCUT2D eigenvalue weighted by molar-refractivity contribution is 6.00. The Balaban J connectivity index is 1.99. The average Bonchev–Trinajstić information content (AvgIpc) is 2.59. The number of Topliss-reactive ketones (excluding diaryl/α,β-unsaturated/α-hetero) is 1. The number of para-hydroxylation sites is 1. The Morgan fingerprint density at radius 3 is 2.23 bits per heavy atom. The van der Waals surface area contributed by atoms with Crippen LogP contribution in [0.25, 0.3) is 0 Å². The molecule has 2 aromatic rings. The van der Waals surface area contributed by atoms with Crippen LogP contribution in [0.5, 0.6) is 11.5 Å². The maximum absolute atomic E-state index is 12.0. The molecule has 0 amide bonds. The lowest BCUT2D eigenvalue weighted by Gasteiger charge is -2.08. The summed E-state index contributed by atoms with van der Waals surface area (Å²) in [5.41, 5.74) is 0.737. The summed E-state index contributed by atoms with van der Waals surface area (Å²) in [6.07, 6.45) is 0. The van der Waals surface area contributed by atoms with Crippen LogP contribution >= 0.6 is 0 Å². The Morgan fingerprint density at radius 1 is 0.909 bits per heavy atom. The maximum atomic E-state index is 12.0. The molecule has 2 rings (SSSR count). The zero-order valence-electron chi connectivity index (χ0n) is 12.4. The molecule has 0 bridgehead atoms. The van der Waals surface area contributed by atoms with E-state index in [1.165, 1.54) is 7.11 Å². The molecule has 0 fully saturated rings. The van der Waals surface area contributed by atoms with Crippen molar-refractivity contribution in [2.24, 2.45) is 0 Å². The molecule has 0 N–H and O–H groups in total. The molecule has 0 radical (unpaired) electrons. The Labute approximate surface area is 128 Å². The molecular formula is C17H16O5. The van der Waals surface area contributed by atoms with Gasteiger partial charge in [0.15, 0.2) is 12.4 Å². The second kappa shape index (κ2) is 7.26. The first kappa shape index (κ1) is 15.6. The number of carbonyl (C=O) groups is 2. The number of ether oxygens (including phenoxy) is 3. The van der Waals surface area contributed by atoms with E-state index in [1.54, 1.807) is 55.6 Å². The van der Waals surface area contributed by atoms with Crippen LogP contribution in [0.3, 0.4) is 0 Å². The minimum absolute atomic E-state index is 0.285. The number of hydrogen-bond acceptors (Lipinski definition) is 5. The lowest BCUT2D eigenvalue weighted by Crippen LogP contribution is -2.14. The van der Waals surface area contributed by atoms with E-state index in [4.69, 9.17) is 14.2 Å². The molecular weight excluding hydrogens is 284 g/mol. The van der Waals surface area contributed by atoms with Crippen LogP contribution in [0.15, 0.2) is 48.5 Å². The van der Waals surface area contributed by atoms with Crippen LogP contribution in [0.1, 0.15) is 20.7 Å². The monoisotopic (exact) mass is 300 g/mol. The third-order valence-corrected chi connectivity index (χ3v) is 3.07. The van der Waals surface area contributed by atoms with Crippen LogP contribution in [0.2, 0.25) is 0 Å². The molecule has 0 atom stereocenters. The van der Waals surface area contributed by atoms with E-state index in [9.17, 15) is 9.59 Å². The van der Waals surface area contributed by atoms with E-state index in [0.29, 0.717) is 17.1 Å². The minimum Gasteiger partial charge on any atom is -0.497 e. The van der Waals surface area contributed by atoms with Gasteiger partial charge in [0.2, 0.25) is 0 Å². The lowest BCUT2D eigenvalue weighted by atomic mass is 10.1. The highest BCUT2D eigenvalue weighted by atomic mass is 16.5. The minimum atomic E-state index is -0.598. The van der Waals surface area contributed by atoms with Gasteiger partial charge in [-0.3, -0.25) is 4.79 Å². The SMILES string of the molecule is COc1ccc(C(=O)COC(=O)c2ccccc2OC)cc1. The second-order valence-electron chi connectivity index (χ2n) is 4.43. The molecule has 0 aliphatic rings. The maximum Gasteiger partial charge on any atom is 0.342 e. The van der Waals surface area contributed by atoms with Crippen molar-refractivity contribution in [3.05, 3.63) is 59.7 Å². The van der Waals surface area contributed by atoms with Gasteiger partial charge in [-0.1, -0.05) is 12.1 Å². The number of hydrogen-bond donors (Lipinski definition) is 0. The number of esters is 1. The molecule has 22 heavy (non-hydrogen) atoms. The Bertz CT molecular complexity index is 661. The van der Waals surface area contributed by atoms with Gasteiger partial charge in [-0.2, -0.15) is 0 Å². The standard InChI is InChI=1S/C17H16O5/c1-20-13-9-7-12(8-10-13)15(18)11-22-17(19)14-5-3-4-6-16(14)21-2/h3-10H,11H2,1-2H3. The summed E-state index contributed by atoms with van der Waals surface area (Å²) in [7, 11) is 3.01. The van der Waals surface area contributed by atoms with E-state index in [-0.39, 0.29) is 18.0 Å². The molecule has 0 heterocycles. The summed E-state index contributed by atoms with van der Waals surface area (Å²) in [4.78, 5) is 24.0. The summed E-state index contributed by atoms with van der Waals surface area (Å²) in [5.74, 6) is 0.178. The normalized spacial score (nSPS) is 9.91. The van der Waals surface area contributed by atoms with Crippen molar-refractivity contribution in [2.45, 2.75) is 0 Å². The summed E-state index contributed by atoms with van der Waals surface area (Å²) < 4.78 is 15.1. The van der Waals surface area contributed by atoms with E-state index in [2.05, 4.69) is 0 Å². The fourth-order valence-electron chi connectivity index (χ4n) is 1.88. The van der Waals surface area contributed by atoms with Gasteiger partial charge in [0.1, 0.15) is 17.1 Å². The van der Waals surface area contributed by atoms with Crippen molar-refractivity contribution in [1.29, 1.82) is 0 Å². The van der Waals surface area contributed by atoms with Crippen molar-refractivity contribution >= 4 is 11.8 Å². The first-order valence-electron chi connectivity index (χ1n) is 6.63. The average molecular weight is 300 g/mol. The second-order valence-corrected chi connectivity index (χ2v) is 4.43. The van der Waals surface area contributed by atoms with Gasteiger partial charge in [-0.25, -0.2) is 4.79 Å². The molecule has 0 aliphatic carbocycles. The van der Waals surface area contributed by atoms with Crippen LogP contribution in [0, 0.1) is 0 Å². The topological polar surface area (TPSA) is 61.8 Å². The van der Waals surface area contributed by atoms with Crippen molar-refractivity contribution in [2.75, 3.05) is 20.8 Å². The number of rotatable bonds is 6. The number of ketones is 1. The molecule has 0 saturated heterocycles. The molecule has 5 nitrogen and oxygen atoms in total. The van der Waals surface area contributed by atoms with Crippen LogP contribution in [-0.4, -0.2) is 32.6 Å². The van der Waals surface area contributed by atoms with Gasteiger partial charge in [0.25, 0.3) is 0 Å². The zero-order valence-corrected chi connectivity index (χ0v) is 12.4.